The van der Waals surface area contributed by atoms with E-state index in [0.717, 1.165) is 41.2 Å². The summed E-state index contributed by atoms with van der Waals surface area (Å²) in [4.78, 5) is 7.26. The van der Waals surface area contributed by atoms with Crippen LogP contribution in [0.2, 0.25) is 0 Å². The number of ether oxygens (including phenoxy) is 4. The second-order valence-corrected chi connectivity index (χ2v) is 8.63. The van der Waals surface area contributed by atoms with Crippen LogP contribution in [0, 0.1) is 0 Å². The number of nitrogens with zero attached hydrogens (tertiary/aromatic N) is 2. The molecule has 6 rings (SSSR count). The van der Waals surface area contributed by atoms with E-state index in [0.29, 0.717) is 30.4 Å². The molecule has 4 N–H and O–H groups in total. The number of nitrogen functional groups attached to an aromatic ring is 1. The van der Waals surface area contributed by atoms with Gasteiger partial charge in [0.25, 0.3) is 6.02 Å². The number of methoxy groups -OCH3 is 1. The summed E-state index contributed by atoms with van der Waals surface area (Å²) in [7, 11) is 1.64. The van der Waals surface area contributed by atoms with Crippen molar-refractivity contribution in [3.63, 3.8) is 0 Å². The summed E-state index contributed by atoms with van der Waals surface area (Å²) in [5.74, 6) is 2.11. The molecule has 0 saturated carbocycles. The van der Waals surface area contributed by atoms with E-state index in [1.807, 2.05) is 48.5 Å². The number of hydrogen-bond acceptors (Lipinski definition) is 8. The monoisotopic (exact) mass is 458 g/mol. The first kappa shape index (κ1) is 20.7. The zero-order chi connectivity index (χ0) is 23.3. The molecule has 3 heterocycles. The lowest BCUT2D eigenvalue weighted by molar-refractivity contribution is 0.122. The maximum absolute atomic E-state index is 6.34. The first-order chi connectivity index (χ1) is 16.6. The number of anilines is 2. The number of hydrogen-bond donors (Lipinski definition) is 2. The summed E-state index contributed by atoms with van der Waals surface area (Å²) >= 11 is 0. The highest BCUT2D eigenvalue weighted by molar-refractivity contribution is 5.79. The molecule has 3 aromatic rings. The van der Waals surface area contributed by atoms with E-state index in [2.05, 4.69) is 17.0 Å². The smallest absolute Gasteiger partial charge is 0.284 e. The topological polar surface area (TPSA) is 105 Å². The van der Waals surface area contributed by atoms with Crippen LogP contribution < -0.4 is 25.8 Å². The Labute approximate surface area is 197 Å². The molecule has 1 saturated heterocycles. The molecule has 0 aliphatic carbocycles. The predicted octanol–water partition coefficient (Wildman–Crippen LogP) is 3.55. The standard InChI is InChI=1S/C26H26N4O4/c1-31-19-4-2-3-16(13-19)24-26(29-25(28)34-24)20-14-17(27)5-7-22(20)33-23-8-6-18(15-21(23)26)30-9-11-32-12-10-30/h2-8,13-15,24H,9-12,27H2,1H3,(H2,28,29). The molecule has 1 fully saturated rings. The third-order valence-corrected chi connectivity index (χ3v) is 6.69. The third kappa shape index (κ3) is 3.13. The highest BCUT2D eigenvalue weighted by Gasteiger charge is 2.55. The fourth-order valence-corrected chi connectivity index (χ4v) is 5.10. The Bertz CT molecular complexity index is 1290. The van der Waals surface area contributed by atoms with E-state index in [4.69, 9.17) is 35.4 Å². The highest BCUT2D eigenvalue weighted by atomic mass is 16.5. The van der Waals surface area contributed by atoms with Gasteiger partial charge in [0.05, 0.1) is 20.3 Å². The van der Waals surface area contributed by atoms with Gasteiger partial charge in [-0.2, -0.15) is 0 Å². The molecule has 2 unspecified atom stereocenters. The number of benzene rings is 3. The number of rotatable bonds is 3. The van der Waals surface area contributed by atoms with Gasteiger partial charge in [-0.3, -0.25) is 0 Å². The minimum absolute atomic E-state index is 0.116. The van der Waals surface area contributed by atoms with Crippen molar-refractivity contribution in [1.82, 2.24) is 0 Å². The maximum atomic E-state index is 6.34. The van der Waals surface area contributed by atoms with Gasteiger partial charge in [0.1, 0.15) is 17.2 Å². The molecule has 0 bridgehead atoms. The first-order valence-corrected chi connectivity index (χ1v) is 11.3. The zero-order valence-electron chi connectivity index (χ0n) is 18.9. The van der Waals surface area contributed by atoms with Gasteiger partial charge in [-0.1, -0.05) is 12.1 Å². The molecule has 3 aromatic carbocycles. The quantitative estimate of drug-likeness (QED) is 0.579. The van der Waals surface area contributed by atoms with Crippen molar-refractivity contribution in [2.45, 2.75) is 11.6 Å². The average molecular weight is 459 g/mol. The molecule has 3 aliphatic heterocycles. The van der Waals surface area contributed by atoms with Gasteiger partial charge in [-0.25, -0.2) is 4.99 Å². The first-order valence-electron chi connectivity index (χ1n) is 11.3. The van der Waals surface area contributed by atoms with Crippen LogP contribution in [0.25, 0.3) is 0 Å². The normalized spacial score (nSPS) is 22.9. The zero-order valence-corrected chi connectivity index (χ0v) is 18.9. The van der Waals surface area contributed by atoms with Crippen LogP contribution in [0.15, 0.2) is 65.7 Å². The summed E-state index contributed by atoms with van der Waals surface area (Å²) in [5.41, 5.74) is 15.8. The van der Waals surface area contributed by atoms with Crippen molar-refractivity contribution in [1.29, 1.82) is 0 Å². The Hall–Kier alpha value is -3.91. The van der Waals surface area contributed by atoms with Crippen LogP contribution in [-0.2, 0) is 15.0 Å². The Kier molecular flexibility index (Phi) is 4.77. The lowest BCUT2D eigenvalue weighted by Gasteiger charge is -2.39. The van der Waals surface area contributed by atoms with Gasteiger partial charge in [-0.05, 0) is 54.1 Å². The number of morpholine rings is 1. The van der Waals surface area contributed by atoms with Crippen molar-refractivity contribution in [2.75, 3.05) is 44.0 Å². The Balaban J connectivity index is 1.59. The number of nitrogens with two attached hydrogens (primary N) is 2. The van der Waals surface area contributed by atoms with Crippen LogP contribution >= 0.6 is 0 Å². The van der Waals surface area contributed by atoms with Crippen LogP contribution in [0.3, 0.4) is 0 Å². The number of aliphatic imine (C=N–C) groups is 1. The Morgan fingerprint density at radius 1 is 0.971 bits per heavy atom. The van der Waals surface area contributed by atoms with Gasteiger partial charge >= 0.3 is 0 Å². The summed E-state index contributed by atoms with van der Waals surface area (Å²) in [5, 5.41) is 0. The minimum atomic E-state index is -0.975. The van der Waals surface area contributed by atoms with Crippen molar-refractivity contribution < 1.29 is 18.9 Å². The predicted molar refractivity (Wildman–Crippen MR) is 130 cm³/mol. The van der Waals surface area contributed by atoms with Crippen LogP contribution in [0.5, 0.6) is 17.2 Å². The van der Waals surface area contributed by atoms with Crippen molar-refractivity contribution in [2.24, 2.45) is 10.7 Å². The van der Waals surface area contributed by atoms with Gasteiger partial charge in [0.2, 0.25) is 0 Å². The summed E-state index contributed by atoms with van der Waals surface area (Å²) in [6, 6.07) is 19.7. The van der Waals surface area contributed by atoms with E-state index in [-0.39, 0.29) is 6.02 Å². The fourth-order valence-electron chi connectivity index (χ4n) is 5.10. The summed E-state index contributed by atoms with van der Waals surface area (Å²) in [6.45, 7) is 3.02. The van der Waals surface area contributed by atoms with Crippen molar-refractivity contribution >= 4 is 17.4 Å². The molecule has 1 spiro atoms. The molecule has 0 radical (unpaired) electrons. The lowest BCUT2D eigenvalue weighted by Crippen LogP contribution is -2.37. The molecule has 0 amide bonds. The Morgan fingerprint density at radius 3 is 2.53 bits per heavy atom. The third-order valence-electron chi connectivity index (χ3n) is 6.69. The highest BCUT2D eigenvalue weighted by Crippen LogP contribution is 2.59. The molecule has 2 atom stereocenters. The van der Waals surface area contributed by atoms with E-state index in [9.17, 15) is 0 Å². The second kappa shape index (κ2) is 7.85. The minimum Gasteiger partial charge on any atom is -0.497 e. The summed E-state index contributed by atoms with van der Waals surface area (Å²) < 4.78 is 23.6. The van der Waals surface area contributed by atoms with Gasteiger partial charge in [0.15, 0.2) is 11.6 Å². The molecule has 3 aliphatic rings. The van der Waals surface area contributed by atoms with Gasteiger partial charge in [0, 0.05) is 35.6 Å². The number of fused-ring (bicyclic) bond motifs is 4. The van der Waals surface area contributed by atoms with Crippen molar-refractivity contribution in [3.8, 4) is 17.2 Å². The molecule has 8 heteroatoms. The largest absolute Gasteiger partial charge is 0.497 e. The molecule has 0 aromatic heterocycles. The average Bonchev–Trinajstić information content (AvgIpc) is 3.23. The van der Waals surface area contributed by atoms with E-state index in [1.165, 1.54) is 0 Å². The van der Waals surface area contributed by atoms with Crippen LogP contribution in [0.1, 0.15) is 22.8 Å². The fraction of sp³-hybridized carbons (Fsp3) is 0.269. The van der Waals surface area contributed by atoms with E-state index in [1.54, 1.807) is 7.11 Å². The number of amidine groups is 1. The molecular formula is C26H26N4O4. The SMILES string of the molecule is COc1cccc(C2OC(N)=NC23c2cc(N)ccc2Oc2ccc(N4CCOCC4)cc23)c1. The van der Waals surface area contributed by atoms with Crippen LogP contribution in [0.4, 0.5) is 11.4 Å². The summed E-state index contributed by atoms with van der Waals surface area (Å²) in [6.07, 6.45) is -0.536. The lowest BCUT2D eigenvalue weighted by atomic mass is 9.74. The maximum Gasteiger partial charge on any atom is 0.284 e. The van der Waals surface area contributed by atoms with Gasteiger partial charge < -0.3 is 35.3 Å². The molecule has 34 heavy (non-hydrogen) atoms. The van der Waals surface area contributed by atoms with E-state index < -0.39 is 11.6 Å². The molecular weight excluding hydrogens is 432 g/mol. The second-order valence-electron chi connectivity index (χ2n) is 8.63. The molecule has 8 nitrogen and oxygen atoms in total. The molecule has 174 valence electrons. The van der Waals surface area contributed by atoms with E-state index >= 15 is 0 Å². The Morgan fingerprint density at radius 2 is 1.74 bits per heavy atom. The van der Waals surface area contributed by atoms with Crippen LogP contribution in [-0.4, -0.2) is 39.4 Å². The van der Waals surface area contributed by atoms with Gasteiger partial charge in [-0.15, -0.1) is 0 Å². The van der Waals surface area contributed by atoms with Crippen molar-refractivity contribution in [3.05, 3.63) is 77.4 Å².